The molecule has 0 spiro atoms. The fourth-order valence-corrected chi connectivity index (χ4v) is 2.87. The molecular formula is C16H35Cl2N3O. The molecule has 1 unspecified atom stereocenters. The SMILES string of the molecule is CCCCN(C)CCNC(=O)CC(C)C1CCNCC1.Cl.Cl. The van der Waals surface area contributed by atoms with Crippen molar-refractivity contribution in [3.8, 4) is 0 Å². The number of nitrogens with zero attached hydrogens (tertiary/aromatic N) is 1. The van der Waals surface area contributed by atoms with Crippen LogP contribution in [0.3, 0.4) is 0 Å². The predicted molar refractivity (Wildman–Crippen MR) is 99.3 cm³/mol. The number of rotatable bonds is 9. The molecule has 0 aromatic carbocycles. The zero-order valence-corrected chi connectivity index (χ0v) is 16.0. The summed E-state index contributed by atoms with van der Waals surface area (Å²) in [6.45, 7) is 9.50. The molecular weight excluding hydrogens is 321 g/mol. The number of carbonyl (C=O) groups excluding carboxylic acids is 1. The third-order valence-electron chi connectivity index (χ3n) is 4.40. The highest BCUT2D eigenvalue weighted by molar-refractivity contribution is 5.85. The van der Waals surface area contributed by atoms with Gasteiger partial charge in [-0.25, -0.2) is 0 Å². The number of hydrogen-bond acceptors (Lipinski definition) is 3. The smallest absolute Gasteiger partial charge is 0.220 e. The van der Waals surface area contributed by atoms with Crippen LogP contribution >= 0.6 is 24.8 Å². The Morgan fingerprint density at radius 1 is 1.27 bits per heavy atom. The molecule has 0 bridgehead atoms. The van der Waals surface area contributed by atoms with Crippen LogP contribution in [-0.4, -0.2) is 50.6 Å². The van der Waals surface area contributed by atoms with Gasteiger partial charge in [-0.3, -0.25) is 4.79 Å². The number of likely N-dealkylation sites (N-methyl/N-ethyl adjacent to an activating group) is 1. The largest absolute Gasteiger partial charge is 0.355 e. The summed E-state index contributed by atoms with van der Waals surface area (Å²) in [5.74, 6) is 1.45. The van der Waals surface area contributed by atoms with Crippen molar-refractivity contribution in [1.29, 1.82) is 0 Å². The second-order valence-corrected chi connectivity index (χ2v) is 6.28. The second-order valence-electron chi connectivity index (χ2n) is 6.28. The summed E-state index contributed by atoms with van der Waals surface area (Å²) in [5, 5.41) is 6.44. The van der Waals surface area contributed by atoms with Gasteiger partial charge in [0.25, 0.3) is 0 Å². The lowest BCUT2D eigenvalue weighted by molar-refractivity contribution is -0.122. The van der Waals surface area contributed by atoms with E-state index < -0.39 is 0 Å². The van der Waals surface area contributed by atoms with E-state index in [-0.39, 0.29) is 30.7 Å². The van der Waals surface area contributed by atoms with E-state index in [0.717, 1.165) is 32.7 Å². The maximum Gasteiger partial charge on any atom is 0.220 e. The number of carbonyl (C=O) groups is 1. The minimum Gasteiger partial charge on any atom is -0.355 e. The number of nitrogens with one attached hydrogen (secondary N) is 2. The van der Waals surface area contributed by atoms with Crippen LogP contribution in [0, 0.1) is 11.8 Å². The van der Waals surface area contributed by atoms with Crippen LogP contribution < -0.4 is 10.6 Å². The predicted octanol–water partition coefficient (Wildman–Crippen LogP) is 2.70. The number of unbranched alkanes of at least 4 members (excludes halogenated alkanes) is 1. The van der Waals surface area contributed by atoms with Gasteiger partial charge in [-0.15, -0.1) is 24.8 Å². The van der Waals surface area contributed by atoms with Crippen molar-refractivity contribution in [2.75, 3.05) is 39.8 Å². The van der Waals surface area contributed by atoms with Gasteiger partial charge in [0.05, 0.1) is 0 Å². The van der Waals surface area contributed by atoms with E-state index in [1.807, 2.05) is 0 Å². The molecule has 1 saturated heterocycles. The molecule has 1 rings (SSSR count). The van der Waals surface area contributed by atoms with E-state index in [4.69, 9.17) is 0 Å². The van der Waals surface area contributed by atoms with Crippen LogP contribution in [0.2, 0.25) is 0 Å². The van der Waals surface area contributed by atoms with E-state index in [0.29, 0.717) is 18.3 Å². The molecule has 22 heavy (non-hydrogen) atoms. The van der Waals surface area contributed by atoms with E-state index in [1.165, 1.54) is 25.7 Å². The fraction of sp³-hybridized carbons (Fsp3) is 0.938. The van der Waals surface area contributed by atoms with Crippen LogP contribution in [0.4, 0.5) is 0 Å². The van der Waals surface area contributed by atoms with E-state index in [9.17, 15) is 4.79 Å². The summed E-state index contributed by atoms with van der Waals surface area (Å²) >= 11 is 0. The third-order valence-corrected chi connectivity index (χ3v) is 4.40. The normalized spacial score (nSPS) is 16.5. The first kappa shape index (κ1) is 24.2. The van der Waals surface area contributed by atoms with Crippen molar-refractivity contribution >= 4 is 30.7 Å². The highest BCUT2D eigenvalue weighted by atomic mass is 35.5. The minimum atomic E-state index is 0. The molecule has 1 aliphatic rings. The average molecular weight is 356 g/mol. The van der Waals surface area contributed by atoms with Gasteiger partial charge in [-0.1, -0.05) is 20.3 Å². The molecule has 0 saturated carbocycles. The Labute approximate surface area is 149 Å². The molecule has 0 aliphatic carbocycles. The first-order chi connectivity index (χ1) is 9.63. The highest BCUT2D eigenvalue weighted by Crippen LogP contribution is 2.23. The maximum atomic E-state index is 11.9. The lowest BCUT2D eigenvalue weighted by atomic mass is 9.84. The summed E-state index contributed by atoms with van der Waals surface area (Å²) in [4.78, 5) is 14.2. The molecule has 0 aromatic rings. The summed E-state index contributed by atoms with van der Waals surface area (Å²) in [7, 11) is 2.12. The van der Waals surface area contributed by atoms with Gasteiger partial charge >= 0.3 is 0 Å². The number of amides is 1. The Balaban J connectivity index is 0. The molecule has 1 heterocycles. The molecule has 0 aromatic heterocycles. The van der Waals surface area contributed by atoms with Crippen molar-refractivity contribution < 1.29 is 4.79 Å². The van der Waals surface area contributed by atoms with Crippen molar-refractivity contribution in [2.24, 2.45) is 11.8 Å². The molecule has 0 radical (unpaired) electrons. The van der Waals surface area contributed by atoms with Crippen molar-refractivity contribution in [3.63, 3.8) is 0 Å². The van der Waals surface area contributed by atoms with Gasteiger partial charge < -0.3 is 15.5 Å². The van der Waals surface area contributed by atoms with Crippen molar-refractivity contribution in [1.82, 2.24) is 15.5 Å². The quantitative estimate of drug-likeness (QED) is 0.668. The Morgan fingerprint density at radius 3 is 2.50 bits per heavy atom. The van der Waals surface area contributed by atoms with Gasteiger partial charge in [0.1, 0.15) is 0 Å². The minimum absolute atomic E-state index is 0. The Hall–Kier alpha value is -0.0300. The van der Waals surface area contributed by atoms with E-state index in [2.05, 4.69) is 36.4 Å². The monoisotopic (exact) mass is 355 g/mol. The van der Waals surface area contributed by atoms with Gasteiger partial charge in [0.15, 0.2) is 0 Å². The van der Waals surface area contributed by atoms with Gasteiger partial charge in [-0.05, 0) is 57.8 Å². The topological polar surface area (TPSA) is 44.4 Å². The molecule has 1 fully saturated rings. The highest BCUT2D eigenvalue weighted by Gasteiger charge is 2.21. The first-order valence-corrected chi connectivity index (χ1v) is 8.29. The van der Waals surface area contributed by atoms with Crippen LogP contribution in [0.1, 0.15) is 46.0 Å². The lowest BCUT2D eigenvalue weighted by Gasteiger charge is -2.28. The number of hydrogen-bond donors (Lipinski definition) is 2. The van der Waals surface area contributed by atoms with Gasteiger partial charge in [0.2, 0.25) is 5.91 Å². The zero-order valence-electron chi connectivity index (χ0n) is 14.4. The molecule has 1 atom stereocenters. The lowest BCUT2D eigenvalue weighted by Crippen LogP contribution is -2.36. The molecule has 134 valence electrons. The number of piperidine rings is 1. The average Bonchev–Trinajstić information content (AvgIpc) is 2.46. The van der Waals surface area contributed by atoms with Crippen molar-refractivity contribution in [3.05, 3.63) is 0 Å². The van der Waals surface area contributed by atoms with Crippen molar-refractivity contribution in [2.45, 2.75) is 46.0 Å². The van der Waals surface area contributed by atoms with Gasteiger partial charge in [0, 0.05) is 19.5 Å². The van der Waals surface area contributed by atoms with E-state index >= 15 is 0 Å². The second kappa shape index (κ2) is 14.6. The first-order valence-electron chi connectivity index (χ1n) is 8.29. The fourth-order valence-electron chi connectivity index (χ4n) is 2.87. The standard InChI is InChI=1S/C16H33N3O.2ClH/c1-4-5-11-19(3)12-10-18-16(20)13-14(2)15-6-8-17-9-7-15;;/h14-15,17H,4-13H2,1-3H3,(H,18,20);2*1H. The molecule has 1 aliphatic heterocycles. The maximum absolute atomic E-state index is 11.9. The van der Waals surface area contributed by atoms with Crippen LogP contribution in [0.25, 0.3) is 0 Å². The van der Waals surface area contributed by atoms with Crippen LogP contribution in [0.15, 0.2) is 0 Å². The third kappa shape index (κ3) is 10.7. The molecule has 1 amide bonds. The zero-order chi connectivity index (χ0) is 14.8. The van der Waals surface area contributed by atoms with E-state index in [1.54, 1.807) is 0 Å². The van der Waals surface area contributed by atoms with Crippen LogP contribution in [-0.2, 0) is 4.79 Å². The summed E-state index contributed by atoms with van der Waals surface area (Å²) < 4.78 is 0. The Bertz CT molecular complexity index is 274. The van der Waals surface area contributed by atoms with Gasteiger partial charge in [-0.2, -0.15) is 0 Å². The molecule has 6 heteroatoms. The summed E-state index contributed by atoms with van der Waals surface area (Å²) in [5.41, 5.74) is 0. The summed E-state index contributed by atoms with van der Waals surface area (Å²) in [6.07, 6.45) is 5.58. The Morgan fingerprint density at radius 2 is 1.91 bits per heavy atom. The summed E-state index contributed by atoms with van der Waals surface area (Å²) in [6, 6.07) is 0. The molecule has 2 N–H and O–H groups in total. The molecule has 4 nitrogen and oxygen atoms in total. The number of halogens is 2. The Kier molecular flexibility index (Phi) is 16.0. The van der Waals surface area contributed by atoms with Crippen LogP contribution in [0.5, 0.6) is 0 Å².